The third kappa shape index (κ3) is 3.08. The molecule has 21 heavy (non-hydrogen) atoms. The van der Waals surface area contributed by atoms with Crippen LogP contribution < -0.4 is 5.73 Å². The molecule has 1 aliphatic rings. The zero-order chi connectivity index (χ0) is 15.8. The molecule has 1 aromatic rings. The molecule has 0 radical (unpaired) electrons. The van der Waals surface area contributed by atoms with Crippen LogP contribution in [-0.4, -0.2) is 35.1 Å². The lowest BCUT2D eigenvalue weighted by Crippen LogP contribution is -2.48. The second-order valence-electron chi connectivity index (χ2n) is 6.28. The number of anilines is 1. The zero-order valence-corrected chi connectivity index (χ0v) is 14.1. The number of nitrogen functional groups attached to an aromatic ring is 1. The first-order valence-corrected chi connectivity index (χ1v) is 9.06. The maximum Gasteiger partial charge on any atom is 0.248 e. The Kier molecular flexibility index (Phi) is 4.63. The van der Waals surface area contributed by atoms with Crippen molar-refractivity contribution in [3.63, 3.8) is 0 Å². The van der Waals surface area contributed by atoms with Crippen molar-refractivity contribution in [1.29, 1.82) is 0 Å². The molecule has 1 aliphatic heterocycles. The number of rotatable bonds is 4. The van der Waals surface area contributed by atoms with E-state index >= 15 is 0 Å². The first-order chi connectivity index (χ1) is 9.77. The predicted molar refractivity (Wildman–Crippen MR) is 83.2 cm³/mol. The summed E-state index contributed by atoms with van der Waals surface area (Å²) in [5, 5.41) is 4.11. The van der Waals surface area contributed by atoms with Gasteiger partial charge in [0.1, 0.15) is 4.90 Å². The Bertz CT molecular complexity index is 596. The third-order valence-electron chi connectivity index (χ3n) is 4.34. The molecule has 1 aromatic heterocycles. The maximum absolute atomic E-state index is 12.9. The van der Waals surface area contributed by atoms with Gasteiger partial charge in [0.2, 0.25) is 10.0 Å². The summed E-state index contributed by atoms with van der Waals surface area (Å²) in [5.74, 6) is 0.801. The van der Waals surface area contributed by atoms with Crippen molar-refractivity contribution in [2.45, 2.75) is 58.0 Å². The maximum atomic E-state index is 12.9. The fourth-order valence-electron chi connectivity index (χ4n) is 3.07. The van der Waals surface area contributed by atoms with Crippen LogP contribution in [0.3, 0.4) is 0 Å². The van der Waals surface area contributed by atoms with Gasteiger partial charge in [0.25, 0.3) is 0 Å². The molecular weight excluding hydrogens is 288 g/mol. The molecule has 7 heteroatoms. The minimum absolute atomic E-state index is 0.0138. The van der Waals surface area contributed by atoms with E-state index in [-0.39, 0.29) is 16.8 Å². The summed E-state index contributed by atoms with van der Waals surface area (Å²) in [6.07, 6.45) is 3.50. The number of nitrogens with zero attached hydrogens (tertiary/aromatic N) is 3. The Balaban J connectivity index is 2.36. The van der Waals surface area contributed by atoms with Crippen LogP contribution in [0, 0.1) is 11.8 Å². The fraction of sp³-hybridized carbons (Fsp3) is 0.786. The van der Waals surface area contributed by atoms with Crippen molar-refractivity contribution in [2.24, 2.45) is 11.8 Å². The summed E-state index contributed by atoms with van der Waals surface area (Å²) >= 11 is 0. The van der Waals surface area contributed by atoms with Crippen LogP contribution in [0.15, 0.2) is 11.1 Å². The van der Waals surface area contributed by atoms with Crippen LogP contribution >= 0.6 is 0 Å². The smallest absolute Gasteiger partial charge is 0.248 e. The summed E-state index contributed by atoms with van der Waals surface area (Å²) in [4.78, 5) is 0.143. The minimum Gasteiger partial charge on any atom is -0.381 e. The summed E-state index contributed by atoms with van der Waals surface area (Å²) in [5.41, 5.74) is 5.84. The van der Waals surface area contributed by atoms with Gasteiger partial charge < -0.3 is 5.73 Å². The fourth-order valence-corrected chi connectivity index (χ4v) is 4.98. The Hall–Kier alpha value is -1.08. The molecule has 2 rings (SSSR count). The minimum atomic E-state index is -3.58. The largest absolute Gasteiger partial charge is 0.381 e. The monoisotopic (exact) mass is 314 g/mol. The highest BCUT2D eigenvalue weighted by Gasteiger charge is 2.38. The molecule has 3 unspecified atom stereocenters. The molecule has 1 saturated heterocycles. The van der Waals surface area contributed by atoms with Gasteiger partial charge in [-0.05, 0) is 31.6 Å². The van der Waals surface area contributed by atoms with Gasteiger partial charge in [-0.3, -0.25) is 4.68 Å². The molecule has 6 nitrogen and oxygen atoms in total. The third-order valence-corrected chi connectivity index (χ3v) is 6.31. The summed E-state index contributed by atoms with van der Waals surface area (Å²) in [7, 11) is -3.58. The lowest BCUT2D eigenvalue weighted by atomic mass is 9.88. The predicted octanol–water partition coefficient (Wildman–Crippen LogP) is 1.93. The van der Waals surface area contributed by atoms with Gasteiger partial charge >= 0.3 is 0 Å². The number of hydrogen-bond donors (Lipinski definition) is 1. The molecule has 0 aromatic carbocycles. The van der Waals surface area contributed by atoms with E-state index in [4.69, 9.17) is 5.73 Å². The molecule has 0 aliphatic carbocycles. The van der Waals surface area contributed by atoms with Crippen LogP contribution in [0.2, 0.25) is 0 Å². The molecule has 120 valence electrons. The first-order valence-electron chi connectivity index (χ1n) is 7.62. The van der Waals surface area contributed by atoms with Crippen LogP contribution in [0.5, 0.6) is 0 Å². The van der Waals surface area contributed by atoms with Crippen molar-refractivity contribution < 1.29 is 8.42 Å². The van der Waals surface area contributed by atoms with E-state index < -0.39 is 10.0 Å². The molecule has 0 saturated carbocycles. The highest BCUT2D eigenvalue weighted by Crippen LogP contribution is 2.32. The molecule has 0 amide bonds. The topological polar surface area (TPSA) is 81.2 Å². The normalized spacial score (nSPS) is 27.9. The molecular formula is C14H26N4O2S. The number of piperidine rings is 1. The van der Waals surface area contributed by atoms with Crippen molar-refractivity contribution in [3.8, 4) is 0 Å². The van der Waals surface area contributed by atoms with E-state index in [0.29, 0.717) is 24.9 Å². The Labute approximate surface area is 127 Å². The molecule has 0 bridgehead atoms. The number of sulfonamides is 1. The molecule has 3 atom stereocenters. The Morgan fingerprint density at radius 3 is 2.67 bits per heavy atom. The van der Waals surface area contributed by atoms with Crippen molar-refractivity contribution in [2.75, 3.05) is 12.3 Å². The van der Waals surface area contributed by atoms with Gasteiger partial charge in [-0.15, -0.1) is 0 Å². The lowest BCUT2D eigenvalue weighted by molar-refractivity contribution is 0.157. The molecule has 0 spiro atoms. The average molecular weight is 314 g/mol. The molecule has 1 fully saturated rings. The average Bonchev–Trinajstić information content (AvgIpc) is 2.76. The van der Waals surface area contributed by atoms with Gasteiger partial charge in [0.05, 0.1) is 0 Å². The van der Waals surface area contributed by atoms with Gasteiger partial charge in [-0.25, -0.2) is 8.42 Å². The Morgan fingerprint density at radius 1 is 1.38 bits per heavy atom. The quantitative estimate of drug-likeness (QED) is 0.920. The number of aromatic nitrogens is 2. The van der Waals surface area contributed by atoms with E-state index in [1.165, 1.54) is 0 Å². The van der Waals surface area contributed by atoms with Gasteiger partial charge in [-0.2, -0.15) is 9.40 Å². The highest BCUT2D eigenvalue weighted by atomic mass is 32.2. The van der Waals surface area contributed by atoms with E-state index in [9.17, 15) is 8.42 Å². The van der Waals surface area contributed by atoms with Gasteiger partial charge in [0, 0.05) is 25.3 Å². The Morgan fingerprint density at radius 2 is 2.05 bits per heavy atom. The van der Waals surface area contributed by atoms with Crippen LogP contribution in [0.1, 0.15) is 40.5 Å². The molecule has 2 N–H and O–H groups in total. The van der Waals surface area contributed by atoms with Crippen LogP contribution in [0.4, 0.5) is 5.82 Å². The SMILES string of the molecule is CCCn1cc(S(=O)(=O)N2CC(C)CC(C)C2C)c(N)n1. The van der Waals surface area contributed by atoms with E-state index in [1.54, 1.807) is 15.2 Å². The number of hydrogen-bond acceptors (Lipinski definition) is 4. The number of nitrogens with two attached hydrogens (primary N) is 1. The lowest BCUT2D eigenvalue weighted by Gasteiger charge is -2.39. The van der Waals surface area contributed by atoms with E-state index in [1.807, 2.05) is 13.8 Å². The molecule has 2 heterocycles. The summed E-state index contributed by atoms with van der Waals surface area (Å²) in [6.45, 7) is 9.40. The van der Waals surface area contributed by atoms with Crippen molar-refractivity contribution in [1.82, 2.24) is 14.1 Å². The summed E-state index contributed by atoms with van der Waals surface area (Å²) < 4.78 is 29.0. The van der Waals surface area contributed by atoms with E-state index in [0.717, 1.165) is 12.8 Å². The first kappa shape index (κ1) is 16.3. The van der Waals surface area contributed by atoms with Gasteiger partial charge in [-0.1, -0.05) is 20.8 Å². The summed E-state index contributed by atoms with van der Waals surface area (Å²) in [6, 6.07) is -0.0138. The number of aryl methyl sites for hydroxylation is 1. The van der Waals surface area contributed by atoms with Crippen LogP contribution in [0.25, 0.3) is 0 Å². The van der Waals surface area contributed by atoms with Gasteiger partial charge in [0.15, 0.2) is 5.82 Å². The van der Waals surface area contributed by atoms with Crippen molar-refractivity contribution >= 4 is 15.8 Å². The van der Waals surface area contributed by atoms with Crippen molar-refractivity contribution in [3.05, 3.63) is 6.20 Å². The second-order valence-corrected chi connectivity index (χ2v) is 8.13. The van der Waals surface area contributed by atoms with E-state index in [2.05, 4.69) is 18.9 Å². The highest BCUT2D eigenvalue weighted by molar-refractivity contribution is 7.89. The standard InChI is InChI=1S/C14H26N4O2S/c1-5-6-17-9-13(14(15)16-17)21(19,20)18-8-10(2)7-11(3)12(18)4/h9-12H,5-8H2,1-4H3,(H2,15,16). The second kappa shape index (κ2) is 5.96. The van der Waals surface area contributed by atoms with Crippen LogP contribution in [-0.2, 0) is 16.6 Å². The zero-order valence-electron chi connectivity index (χ0n) is 13.3.